The number of benzene rings is 2. The van der Waals surface area contributed by atoms with E-state index in [2.05, 4.69) is 21.2 Å². The molecule has 1 fully saturated rings. The zero-order valence-corrected chi connectivity index (χ0v) is 17.9. The maximum Gasteiger partial charge on any atom is 0.251 e. The number of amides is 1. The number of hydrazone groups is 1. The van der Waals surface area contributed by atoms with Crippen molar-refractivity contribution >= 4 is 34.9 Å². The van der Waals surface area contributed by atoms with Crippen molar-refractivity contribution in [3.63, 3.8) is 0 Å². The molecular weight excluding hydrogens is 427 g/mol. The molecular formula is C20H26Cl2N6O2. The van der Waals surface area contributed by atoms with Crippen LogP contribution < -0.4 is 27.7 Å². The number of amidine groups is 1. The molecule has 1 heterocycles. The first-order chi connectivity index (χ1) is 14.5. The highest BCUT2D eigenvalue weighted by molar-refractivity contribution is 6.41. The molecule has 0 spiro atoms. The summed E-state index contributed by atoms with van der Waals surface area (Å²) < 4.78 is 5.46. The van der Waals surface area contributed by atoms with Gasteiger partial charge in [-0.05, 0) is 24.3 Å². The number of nitrogens with one attached hydrogen (secondary N) is 3. The smallest absolute Gasteiger partial charge is 0.251 e. The molecule has 1 aliphatic rings. The van der Waals surface area contributed by atoms with Crippen molar-refractivity contribution in [1.82, 2.24) is 16.1 Å². The van der Waals surface area contributed by atoms with Gasteiger partial charge in [-0.1, -0.05) is 47.5 Å². The van der Waals surface area contributed by atoms with Gasteiger partial charge in [0.2, 0.25) is 0 Å². The van der Waals surface area contributed by atoms with E-state index in [4.69, 9.17) is 39.6 Å². The Hall–Kier alpha value is -2.36. The van der Waals surface area contributed by atoms with Crippen LogP contribution in [0.2, 0.25) is 10.0 Å². The van der Waals surface area contributed by atoms with Crippen molar-refractivity contribution in [3.05, 3.63) is 69.7 Å². The first-order valence-electron chi connectivity index (χ1n) is 9.36. The lowest BCUT2D eigenvalue weighted by atomic mass is 10.1. The molecule has 8 nitrogen and oxygen atoms in total. The molecule has 1 aliphatic heterocycles. The van der Waals surface area contributed by atoms with Crippen LogP contribution in [-0.4, -0.2) is 44.6 Å². The van der Waals surface area contributed by atoms with Crippen LogP contribution in [0.4, 0.5) is 0 Å². The number of hydrogen-bond acceptors (Lipinski definition) is 6. The molecule has 0 aromatic heterocycles. The fraction of sp³-hybridized carbons (Fsp3) is 0.300. The number of carbonyl (C=O) groups excluding carboxylic acids is 1. The predicted molar refractivity (Wildman–Crippen MR) is 120 cm³/mol. The van der Waals surface area contributed by atoms with Crippen LogP contribution in [-0.2, 0) is 4.74 Å². The molecule has 3 rings (SSSR count). The Morgan fingerprint density at radius 3 is 2.50 bits per heavy atom. The van der Waals surface area contributed by atoms with Crippen LogP contribution >= 0.6 is 23.2 Å². The van der Waals surface area contributed by atoms with E-state index in [1.807, 2.05) is 12.1 Å². The van der Waals surface area contributed by atoms with Gasteiger partial charge in [0, 0.05) is 36.7 Å². The summed E-state index contributed by atoms with van der Waals surface area (Å²) in [5, 5.41) is 10.9. The first-order valence-corrected chi connectivity index (χ1v) is 10.1. The van der Waals surface area contributed by atoms with E-state index in [1.54, 1.807) is 36.4 Å². The standard InChI is InChI=1S/C14H22N6O2.C6H4Cl2/c15-19-13(20-16)11-2-1-3-12(6-11)14(21)18-8-10-7-17-4-5-22-9-10;7-5-3-1-2-4-6(5)8/h1-3,6,10,17H,4-5,7-9,15-16H2,(H,18,21)(H,19,20);1-4H. The summed E-state index contributed by atoms with van der Waals surface area (Å²) in [5.74, 6) is 11.0. The van der Waals surface area contributed by atoms with Crippen LogP contribution in [0.15, 0.2) is 53.6 Å². The molecule has 30 heavy (non-hydrogen) atoms. The van der Waals surface area contributed by atoms with E-state index in [-0.39, 0.29) is 11.8 Å². The third kappa shape index (κ3) is 7.81. The monoisotopic (exact) mass is 452 g/mol. The molecule has 2 aromatic rings. The van der Waals surface area contributed by atoms with Gasteiger partial charge >= 0.3 is 0 Å². The van der Waals surface area contributed by atoms with Crippen molar-refractivity contribution in [2.45, 2.75) is 0 Å². The molecule has 10 heteroatoms. The molecule has 1 unspecified atom stereocenters. The highest BCUT2D eigenvalue weighted by atomic mass is 35.5. The van der Waals surface area contributed by atoms with Crippen LogP contribution in [0, 0.1) is 5.92 Å². The van der Waals surface area contributed by atoms with Gasteiger partial charge in [0.25, 0.3) is 5.91 Å². The third-order valence-corrected chi connectivity index (χ3v) is 5.01. The fourth-order valence-electron chi connectivity index (χ4n) is 2.67. The summed E-state index contributed by atoms with van der Waals surface area (Å²) in [6, 6.07) is 14.1. The minimum atomic E-state index is -0.153. The number of ether oxygens (including phenoxy) is 1. The highest BCUT2D eigenvalue weighted by Crippen LogP contribution is 2.19. The van der Waals surface area contributed by atoms with Crippen LogP contribution in [0.1, 0.15) is 15.9 Å². The van der Waals surface area contributed by atoms with E-state index in [1.165, 1.54) is 0 Å². The Morgan fingerprint density at radius 2 is 1.87 bits per heavy atom. The van der Waals surface area contributed by atoms with Gasteiger partial charge in [0.05, 0.1) is 23.3 Å². The number of halogens is 2. The zero-order valence-electron chi connectivity index (χ0n) is 16.4. The molecule has 0 bridgehead atoms. The number of hydrazine groups is 1. The average molecular weight is 453 g/mol. The Balaban J connectivity index is 0.000000335. The highest BCUT2D eigenvalue weighted by Gasteiger charge is 2.14. The van der Waals surface area contributed by atoms with Gasteiger partial charge in [-0.15, -0.1) is 0 Å². The van der Waals surface area contributed by atoms with Crippen molar-refractivity contribution < 1.29 is 9.53 Å². The van der Waals surface area contributed by atoms with Gasteiger partial charge in [-0.25, -0.2) is 5.84 Å². The second kappa shape index (κ2) is 13.0. The predicted octanol–water partition coefficient (Wildman–Crippen LogP) is 1.73. The van der Waals surface area contributed by atoms with Gasteiger partial charge in [-0.2, -0.15) is 5.10 Å². The van der Waals surface area contributed by atoms with E-state index in [0.29, 0.717) is 46.8 Å². The van der Waals surface area contributed by atoms with E-state index in [0.717, 1.165) is 13.1 Å². The summed E-state index contributed by atoms with van der Waals surface area (Å²) in [6.07, 6.45) is 0. The molecule has 7 N–H and O–H groups in total. The van der Waals surface area contributed by atoms with Crippen molar-refractivity contribution in [2.75, 3.05) is 32.8 Å². The lowest BCUT2D eigenvalue weighted by Gasteiger charge is -2.15. The summed E-state index contributed by atoms with van der Waals surface area (Å²) in [4.78, 5) is 12.2. The Kier molecular flexibility index (Phi) is 10.4. The number of carbonyl (C=O) groups is 1. The summed E-state index contributed by atoms with van der Waals surface area (Å²) >= 11 is 11.2. The largest absolute Gasteiger partial charge is 0.380 e. The molecule has 0 saturated carbocycles. The molecule has 162 valence electrons. The first kappa shape index (κ1) is 23.9. The second-order valence-corrected chi connectivity index (χ2v) is 7.29. The van der Waals surface area contributed by atoms with E-state index < -0.39 is 0 Å². The van der Waals surface area contributed by atoms with Crippen LogP contribution in [0.25, 0.3) is 0 Å². The van der Waals surface area contributed by atoms with Crippen molar-refractivity contribution in [1.29, 1.82) is 0 Å². The maximum atomic E-state index is 12.2. The van der Waals surface area contributed by atoms with Crippen molar-refractivity contribution in [3.8, 4) is 0 Å². The third-order valence-electron chi connectivity index (χ3n) is 4.25. The lowest BCUT2D eigenvalue weighted by Crippen LogP contribution is -2.35. The summed E-state index contributed by atoms with van der Waals surface area (Å²) in [5.41, 5.74) is 3.57. The SMILES string of the molecule is Clc1ccccc1Cl.N/N=C(\NN)c1cccc(C(=O)NCC2CNCCOC2)c1. The van der Waals surface area contributed by atoms with Gasteiger partial charge in [0.15, 0.2) is 5.84 Å². The Morgan fingerprint density at radius 1 is 1.17 bits per heavy atom. The quantitative estimate of drug-likeness (QED) is 0.208. The normalized spacial score (nSPS) is 16.6. The molecule has 0 aliphatic carbocycles. The minimum absolute atomic E-state index is 0.153. The minimum Gasteiger partial charge on any atom is -0.380 e. The Bertz CT molecular complexity index is 821. The van der Waals surface area contributed by atoms with Gasteiger partial charge in [0.1, 0.15) is 0 Å². The molecule has 0 radical (unpaired) electrons. The van der Waals surface area contributed by atoms with Crippen LogP contribution in [0.5, 0.6) is 0 Å². The molecule has 1 amide bonds. The van der Waals surface area contributed by atoms with E-state index in [9.17, 15) is 4.79 Å². The number of nitrogens with zero attached hydrogens (tertiary/aromatic N) is 1. The van der Waals surface area contributed by atoms with Crippen LogP contribution in [0.3, 0.4) is 0 Å². The maximum absolute atomic E-state index is 12.2. The van der Waals surface area contributed by atoms with Crippen molar-refractivity contribution in [2.24, 2.45) is 22.7 Å². The summed E-state index contributed by atoms with van der Waals surface area (Å²) in [6.45, 7) is 3.60. The van der Waals surface area contributed by atoms with Gasteiger partial charge < -0.3 is 26.6 Å². The molecule has 1 atom stereocenters. The van der Waals surface area contributed by atoms with E-state index >= 15 is 0 Å². The zero-order chi connectivity index (χ0) is 21.8. The van der Waals surface area contributed by atoms with Gasteiger partial charge in [-0.3, -0.25) is 4.79 Å². The summed E-state index contributed by atoms with van der Waals surface area (Å²) in [7, 11) is 0. The number of rotatable bonds is 4. The lowest BCUT2D eigenvalue weighted by molar-refractivity contribution is 0.0921. The second-order valence-electron chi connectivity index (χ2n) is 6.47. The topological polar surface area (TPSA) is 127 Å². The average Bonchev–Trinajstić information content (AvgIpc) is 3.05. The number of hydrogen-bond donors (Lipinski definition) is 5. The fourth-order valence-corrected chi connectivity index (χ4v) is 2.94. The Labute approximate surface area is 185 Å². The molecule has 1 saturated heterocycles. The number of nitrogens with two attached hydrogens (primary N) is 2. The molecule has 2 aromatic carbocycles.